The lowest BCUT2D eigenvalue weighted by Crippen LogP contribution is -1.93. The molecule has 0 aliphatic carbocycles. The molecule has 6 heteroatoms. The van der Waals surface area contributed by atoms with E-state index in [-0.39, 0.29) is 17.2 Å². The predicted molar refractivity (Wildman–Crippen MR) is 87.7 cm³/mol. The zero-order chi connectivity index (χ0) is 16.4. The quantitative estimate of drug-likeness (QED) is 0.296. The molecule has 3 rings (SSSR count). The van der Waals surface area contributed by atoms with Crippen LogP contribution in [0.3, 0.4) is 0 Å². The molecular formula is C17H10ClNO4. The molecular weight excluding hydrogens is 318 g/mol. The van der Waals surface area contributed by atoms with Crippen LogP contribution < -0.4 is 0 Å². The Kier molecular flexibility index (Phi) is 3.95. The van der Waals surface area contributed by atoms with Crippen LogP contribution in [0.15, 0.2) is 59.0 Å². The standard InChI is InChI=1S/C17H10ClNO4/c18-13-6-8-16-12(9-13)10-17(23-16)15(20)7-5-11-3-1-2-4-14(11)19(21)22/h1-10H/b7-5+. The Morgan fingerprint density at radius 2 is 1.96 bits per heavy atom. The Hall–Kier alpha value is -2.92. The lowest BCUT2D eigenvalue weighted by molar-refractivity contribution is -0.385. The summed E-state index contributed by atoms with van der Waals surface area (Å²) >= 11 is 5.89. The normalized spacial score (nSPS) is 11.2. The van der Waals surface area contributed by atoms with Crippen molar-refractivity contribution in [3.8, 4) is 0 Å². The highest BCUT2D eigenvalue weighted by Crippen LogP contribution is 2.24. The molecule has 0 spiro atoms. The van der Waals surface area contributed by atoms with Gasteiger partial charge >= 0.3 is 0 Å². The first-order chi connectivity index (χ1) is 11.0. The van der Waals surface area contributed by atoms with Gasteiger partial charge in [-0.05, 0) is 42.5 Å². The van der Waals surface area contributed by atoms with E-state index in [1.807, 2.05) is 0 Å². The number of carbonyl (C=O) groups excluding carboxylic acids is 1. The van der Waals surface area contributed by atoms with Crippen LogP contribution in [0.25, 0.3) is 17.0 Å². The lowest BCUT2D eigenvalue weighted by Gasteiger charge is -1.95. The number of nitro benzene ring substituents is 1. The topological polar surface area (TPSA) is 73.3 Å². The van der Waals surface area contributed by atoms with Crippen LogP contribution in [0, 0.1) is 10.1 Å². The Morgan fingerprint density at radius 3 is 2.74 bits per heavy atom. The molecule has 23 heavy (non-hydrogen) atoms. The summed E-state index contributed by atoms with van der Waals surface area (Å²) in [6.07, 6.45) is 2.66. The molecule has 0 unspecified atom stereocenters. The molecule has 1 aromatic heterocycles. The second-order valence-corrected chi connectivity index (χ2v) is 5.24. The van der Waals surface area contributed by atoms with Crippen molar-refractivity contribution in [3.63, 3.8) is 0 Å². The van der Waals surface area contributed by atoms with Crippen molar-refractivity contribution < 1.29 is 14.1 Å². The summed E-state index contributed by atoms with van der Waals surface area (Å²) in [5.74, 6) is -0.229. The van der Waals surface area contributed by atoms with Gasteiger partial charge in [0.1, 0.15) is 5.58 Å². The number of carbonyl (C=O) groups is 1. The van der Waals surface area contributed by atoms with Gasteiger partial charge < -0.3 is 4.42 Å². The minimum atomic E-state index is -0.493. The first-order valence-electron chi connectivity index (χ1n) is 6.69. The fourth-order valence-electron chi connectivity index (χ4n) is 2.18. The average molecular weight is 328 g/mol. The smallest absolute Gasteiger partial charge is 0.276 e. The number of benzene rings is 2. The summed E-state index contributed by atoms with van der Waals surface area (Å²) in [7, 11) is 0. The number of para-hydroxylation sites is 1. The molecule has 0 bridgehead atoms. The largest absolute Gasteiger partial charge is 0.453 e. The van der Waals surface area contributed by atoms with Gasteiger partial charge in [-0.25, -0.2) is 0 Å². The van der Waals surface area contributed by atoms with Gasteiger partial charge in [0.05, 0.1) is 10.5 Å². The van der Waals surface area contributed by atoms with E-state index in [4.69, 9.17) is 16.0 Å². The van der Waals surface area contributed by atoms with Crippen LogP contribution in [0.1, 0.15) is 16.1 Å². The van der Waals surface area contributed by atoms with Crippen molar-refractivity contribution >= 4 is 40.1 Å². The molecule has 0 radical (unpaired) electrons. The Bertz CT molecular complexity index is 943. The Morgan fingerprint density at radius 1 is 1.17 bits per heavy atom. The van der Waals surface area contributed by atoms with Crippen LogP contribution in [-0.2, 0) is 0 Å². The van der Waals surface area contributed by atoms with E-state index in [9.17, 15) is 14.9 Å². The second kappa shape index (κ2) is 6.06. The zero-order valence-electron chi connectivity index (χ0n) is 11.7. The van der Waals surface area contributed by atoms with E-state index in [1.54, 1.807) is 42.5 Å². The van der Waals surface area contributed by atoms with Gasteiger partial charge in [-0.2, -0.15) is 0 Å². The number of nitrogens with zero attached hydrogens (tertiary/aromatic N) is 1. The molecule has 0 saturated heterocycles. The van der Waals surface area contributed by atoms with Crippen molar-refractivity contribution in [2.24, 2.45) is 0 Å². The third kappa shape index (κ3) is 3.14. The molecule has 114 valence electrons. The van der Waals surface area contributed by atoms with E-state index < -0.39 is 4.92 Å². The summed E-state index contributed by atoms with van der Waals surface area (Å²) in [4.78, 5) is 22.6. The summed E-state index contributed by atoms with van der Waals surface area (Å²) in [6, 6.07) is 12.8. The third-order valence-corrected chi connectivity index (χ3v) is 3.50. The van der Waals surface area contributed by atoms with Crippen molar-refractivity contribution in [1.29, 1.82) is 0 Å². The SMILES string of the molecule is O=C(/C=C/c1ccccc1[N+](=O)[O-])c1cc2cc(Cl)ccc2o1. The first kappa shape index (κ1) is 15.0. The van der Waals surface area contributed by atoms with E-state index in [0.717, 1.165) is 5.39 Å². The maximum absolute atomic E-state index is 12.2. The van der Waals surface area contributed by atoms with Crippen LogP contribution in [-0.4, -0.2) is 10.7 Å². The predicted octanol–water partition coefficient (Wildman–Crippen LogP) is 4.89. The van der Waals surface area contributed by atoms with Crippen LogP contribution in [0.5, 0.6) is 0 Å². The van der Waals surface area contributed by atoms with E-state index in [2.05, 4.69) is 0 Å². The number of furan rings is 1. The monoisotopic (exact) mass is 327 g/mol. The van der Waals surface area contributed by atoms with Crippen molar-refractivity contribution in [2.45, 2.75) is 0 Å². The Balaban J connectivity index is 1.90. The van der Waals surface area contributed by atoms with Crippen LogP contribution in [0.4, 0.5) is 5.69 Å². The van der Waals surface area contributed by atoms with E-state index >= 15 is 0 Å². The molecule has 5 nitrogen and oxygen atoms in total. The maximum Gasteiger partial charge on any atom is 0.276 e. The van der Waals surface area contributed by atoms with Gasteiger partial charge in [-0.15, -0.1) is 0 Å². The molecule has 0 N–H and O–H groups in total. The van der Waals surface area contributed by atoms with Gasteiger partial charge in [0.2, 0.25) is 5.78 Å². The highest BCUT2D eigenvalue weighted by molar-refractivity contribution is 6.31. The fourth-order valence-corrected chi connectivity index (χ4v) is 2.36. The summed E-state index contributed by atoms with van der Waals surface area (Å²) in [5.41, 5.74) is 0.842. The number of fused-ring (bicyclic) bond motifs is 1. The van der Waals surface area contributed by atoms with Gasteiger partial charge in [0.25, 0.3) is 5.69 Å². The molecule has 3 aromatic rings. The molecule has 0 aliphatic rings. The summed E-state index contributed by atoms with van der Waals surface area (Å²) in [6.45, 7) is 0. The van der Waals surface area contributed by atoms with Gasteiger partial charge in [0, 0.05) is 16.5 Å². The molecule has 0 fully saturated rings. The van der Waals surface area contributed by atoms with E-state index in [1.165, 1.54) is 18.2 Å². The highest BCUT2D eigenvalue weighted by atomic mass is 35.5. The van der Waals surface area contributed by atoms with Crippen molar-refractivity contribution in [1.82, 2.24) is 0 Å². The number of allylic oxidation sites excluding steroid dienone is 1. The number of rotatable bonds is 4. The number of ketones is 1. The molecule has 0 amide bonds. The molecule has 2 aromatic carbocycles. The fraction of sp³-hybridized carbons (Fsp3) is 0. The summed E-state index contributed by atoms with van der Waals surface area (Å²) < 4.78 is 5.46. The van der Waals surface area contributed by atoms with Crippen molar-refractivity contribution in [2.75, 3.05) is 0 Å². The molecule has 0 aliphatic heterocycles. The summed E-state index contributed by atoms with van der Waals surface area (Å²) in [5, 5.41) is 12.2. The number of hydrogen-bond donors (Lipinski definition) is 0. The number of hydrogen-bond acceptors (Lipinski definition) is 4. The van der Waals surface area contributed by atoms with Gasteiger partial charge in [-0.3, -0.25) is 14.9 Å². The number of nitro groups is 1. The first-order valence-corrected chi connectivity index (χ1v) is 7.07. The molecule has 0 saturated carbocycles. The van der Waals surface area contributed by atoms with Crippen molar-refractivity contribution in [3.05, 3.63) is 81.1 Å². The minimum absolute atomic E-state index is 0.0621. The van der Waals surface area contributed by atoms with Crippen LogP contribution in [0.2, 0.25) is 5.02 Å². The zero-order valence-corrected chi connectivity index (χ0v) is 12.5. The second-order valence-electron chi connectivity index (χ2n) is 4.81. The minimum Gasteiger partial charge on any atom is -0.453 e. The van der Waals surface area contributed by atoms with Gasteiger partial charge in [0.15, 0.2) is 5.76 Å². The average Bonchev–Trinajstić information content (AvgIpc) is 2.95. The van der Waals surface area contributed by atoms with Gasteiger partial charge in [-0.1, -0.05) is 23.7 Å². The van der Waals surface area contributed by atoms with Crippen LogP contribution >= 0.6 is 11.6 Å². The molecule has 1 heterocycles. The maximum atomic E-state index is 12.2. The molecule has 0 atom stereocenters. The van der Waals surface area contributed by atoms with E-state index in [0.29, 0.717) is 16.2 Å². The Labute approximate surface area is 135 Å². The third-order valence-electron chi connectivity index (χ3n) is 3.27. The highest BCUT2D eigenvalue weighted by Gasteiger charge is 2.12. The lowest BCUT2D eigenvalue weighted by atomic mass is 10.1. The number of halogens is 1.